The average Bonchev–Trinajstić information content (AvgIpc) is 2.66. The van der Waals surface area contributed by atoms with Crippen LogP contribution in [0.3, 0.4) is 0 Å². The number of benzene rings is 2. The number of nitrogens with zero attached hydrogens (tertiary/aromatic N) is 3. The fourth-order valence-electron chi connectivity index (χ4n) is 2.76. The minimum atomic E-state index is -0.249. The predicted molar refractivity (Wildman–Crippen MR) is 115 cm³/mol. The molecular formula is C20H19BrClN3O3. The van der Waals surface area contributed by atoms with Crippen molar-refractivity contribution in [3.05, 3.63) is 61.6 Å². The molecule has 0 amide bonds. The molecule has 0 saturated carbocycles. The van der Waals surface area contributed by atoms with Crippen molar-refractivity contribution in [1.29, 1.82) is 0 Å². The molecule has 1 heterocycles. The quantitative estimate of drug-likeness (QED) is 0.534. The molecule has 3 aromatic rings. The molecule has 0 aliphatic rings. The molecule has 1 aromatic heterocycles. The van der Waals surface area contributed by atoms with Gasteiger partial charge in [0.2, 0.25) is 0 Å². The molecule has 1 N–H and O–H groups in total. The van der Waals surface area contributed by atoms with Crippen LogP contribution in [0.25, 0.3) is 10.9 Å². The highest BCUT2D eigenvalue weighted by molar-refractivity contribution is 9.10. The number of aryl methyl sites for hydroxylation is 1. The van der Waals surface area contributed by atoms with E-state index >= 15 is 0 Å². The van der Waals surface area contributed by atoms with E-state index in [4.69, 9.17) is 16.3 Å². The molecule has 28 heavy (non-hydrogen) atoms. The molecule has 0 spiro atoms. The summed E-state index contributed by atoms with van der Waals surface area (Å²) in [5.74, 6) is 0.716. The molecule has 0 aliphatic heterocycles. The van der Waals surface area contributed by atoms with E-state index in [1.807, 2.05) is 26.0 Å². The van der Waals surface area contributed by atoms with E-state index in [2.05, 4.69) is 26.0 Å². The molecule has 2 aromatic carbocycles. The van der Waals surface area contributed by atoms with E-state index in [1.54, 1.807) is 18.2 Å². The Morgan fingerprint density at radius 2 is 2.11 bits per heavy atom. The number of phenolic OH excluding ortho intramolecular Hbond substituents is 1. The van der Waals surface area contributed by atoms with Gasteiger partial charge in [-0.15, -0.1) is 0 Å². The summed E-state index contributed by atoms with van der Waals surface area (Å²) in [5.41, 5.74) is 0.977. The number of aromatic nitrogens is 2. The van der Waals surface area contributed by atoms with Crippen molar-refractivity contribution in [2.24, 2.45) is 5.10 Å². The Balaban J connectivity index is 2.12. The molecule has 146 valence electrons. The van der Waals surface area contributed by atoms with Crippen LogP contribution >= 0.6 is 27.5 Å². The molecule has 0 bridgehead atoms. The first kappa shape index (κ1) is 20.4. The second-order valence-electron chi connectivity index (χ2n) is 6.08. The molecule has 0 unspecified atom stereocenters. The van der Waals surface area contributed by atoms with E-state index in [0.717, 1.165) is 10.9 Å². The summed E-state index contributed by atoms with van der Waals surface area (Å²) >= 11 is 9.45. The van der Waals surface area contributed by atoms with Crippen LogP contribution < -0.4 is 10.3 Å². The van der Waals surface area contributed by atoms with Crippen LogP contribution in [0.5, 0.6) is 11.5 Å². The number of phenols is 1. The summed E-state index contributed by atoms with van der Waals surface area (Å²) in [7, 11) is 0. The molecule has 0 atom stereocenters. The number of halogens is 2. The van der Waals surface area contributed by atoms with Crippen molar-refractivity contribution in [3.63, 3.8) is 0 Å². The van der Waals surface area contributed by atoms with Crippen LogP contribution in [0.4, 0.5) is 0 Å². The number of rotatable bonds is 6. The van der Waals surface area contributed by atoms with E-state index in [1.165, 1.54) is 10.9 Å². The largest absolute Gasteiger partial charge is 0.503 e. The van der Waals surface area contributed by atoms with Gasteiger partial charge in [0.05, 0.1) is 28.7 Å². The van der Waals surface area contributed by atoms with Crippen molar-refractivity contribution in [2.75, 3.05) is 6.61 Å². The van der Waals surface area contributed by atoms with Gasteiger partial charge < -0.3 is 9.84 Å². The standard InChI is InChI=1S/C20H19BrClN3O3/c1-3-5-18-24-16-7-6-13(21)10-14(16)20(27)25(18)23-11-12-8-15(22)19(26)17(9-12)28-4-2/h6-11,26H,3-5H2,1-2H3. The SMILES string of the molecule is CCCc1nc2ccc(Br)cc2c(=O)n1N=Cc1cc(Cl)c(O)c(OCC)c1. The zero-order valence-electron chi connectivity index (χ0n) is 15.4. The maximum Gasteiger partial charge on any atom is 0.282 e. The maximum atomic E-state index is 13.0. The van der Waals surface area contributed by atoms with Crippen LogP contribution in [0.2, 0.25) is 5.02 Å². The summed E-state index contributed by atoms with van der Waals surface area (Å²) in [6, 6.07) is 8.56. The fraction of sp³-hybridized carbons (Fsp3) is 0.250. The monoisotopic (exact) mass is 463 g/mol. The van der Waals surface area contributed by atoms with E-state index < -0.39 is 0 Å². The third-order valence-electron chi connectivity index (χ3n) is 4.02. The minimum Gasteiger partial charge on any atom is -0.503 e. The lowest BCUT2D eigenvalue weighted by Crippen LogP contribution is -2.22. The van der Waals surface area contributed by atoms with Gasteiger partial charge in [0.25, 0.3) is 5.56 Å². The lowest BCUT2D eigenvalue weighted by Gasteiger charge is -2.10. The number of hydrogen-bond acceptors (Lipinski definition) is 5. The second kappa shape index (κ2) is 8.75. The highest BCUT2D eigenvalue weighted by atomic mass is 79.9. The first-order chi connectivity index (χ1) is 13.4. The zero-order valence-corrected chi connectivity index (χ0v) is 17.8. The van der Waals surface area contributed by atoms with Gasteiger partial charge in [0.15, 0.2) is 11.5 Å². The van der Waals surface area contributed by atoms with Crippen molar-refractivity contribution < 1.29 is 9.84 Å². The fourth-order valence-corrected chi connectivity index (χ4v) is 3.34. The van der Waals surface area contributed by atoms with Gasteiger partial charge in [-0.2, -0.15) is 9.78 Å². The Labute approximate surface area is 175 Å². The van der Waals surface area contributed by atoms with E-state index in [-0.39, 0.29) is 22.1 Å². The molecule has 0 fully saturated rings. The third-order valence-corrected chi connectivity index (χ3v) is 4.80. The smallest absolute Gasteiger partial charge is 0.282 e. The van der Waals surface area contributed by atoms with Crippen molar-refractivity contribution in [3.8, 4) is 11.5 Å². The molecule has 0 saturated heterocycles. The Bertz CT molecular complexity index is 1110. The van der Waals surface area contributed by atoms with Gasteiger partial charge in [0.1, 0.15) is 5.82 Å². The maximum absolute atomic E-state index is 13.0. The molecule has 0 aliphatic carbocycles. The normalized spacial score (nSPS) is 11.4. The summed E-state index contributed by atoms with van der Waals surface area (Å²) in [5, 5.41) is 14.9. The number of hydrogen-bond donors (Lipinski definition) is 1. The van der Waals surface area contributed by atoms with Gasteiger partial charge >= 0.3 is 0 Å². The summed E-state index contributed by atoms with van der Waals surface area (Å²) in [4.78, 5) is 17.6. The van der Waals surface area contributed by atoms with Crippen molar-refractivity contribution in [1.82, 2.24) is 9.66 Å². The summed E-state index contributed by atoms with van der Waals surface area (Å²) in [6.07, 6.45) is 2.93. The second-order valence-corrected chi connectivity index (χ2v) is 7.41. The van der Waals surface area contributed by atoms with Gasteiger partial charge in [-0.3, -0.25) is 4.79 Å². The van der Waals surface area contributed by atoms with E-state index in [0.29, 0.717) is 35.3 Å². The van der Waals surface area contributed by atoms with Crippen LogP contribution in [0.1, 0.15) is 31.7 Å². The average molecular weight is 465 g/mol. The first-order valence-corrected chi connectivity index (χ1v) is 10.0. The predicted octanol–water partition coefficient (Wildman–Crippen LogP) is 4.75. The van der Waals surface area contributed by atoms with Gasteiger partial charge in [-0.1, -0.05) is 34.5 Å². The third kappa shape index (κ3) is 4.20. The molecule has 3 rings (SSSR count). The van der Waals surface area contributed by atoms with Gasteiger partial charge in [-0.25, -0.2) is 4.98 Å². The Morgan fingerprint density at radius 1 is 1.32 bits per heavy atom. The Morgan fingerprint density at radius 3 is 2.82 bits per heavy atom. The van der Waals surface area contributed by atoms with Crippen LogP contribution in [0, 0.1) is 0 Å². The summed E-state index contributed by atoms with van der Waals surface area (Å²) < 4.78 is 7.49. The molecular weight excluding hydrogens is 446 g/mol. The van der Waals surface area contributed by atoms with Gasteiger partial charge in [-0.05, 0) is 49.2 Å². The van der Waals surface area contributed by atoms with Crippen molar-refractivity contribution in [2.45, 2.75) is 26.7 Å². The Hall–Kier alpha value is -2.38. The van der Waals surface area contributed by atoms with Crippen LogP contribution in [-0.4, -0.2) is 27.6 Å². The van der Waals surface area contributed by atoms with Crippen molar-refractivity contribution >= 4 is 44.6 Å². The number of aromatic hydroxyl groups is 1. The van der Waals surface area contributed by atoms with E-state index in [9.17, 15) is 9.90 Å². The topological polar surface area (TPSA) is 76.7 Å². The Kier molecular flexibility index (Phi) is 6.36. The lowest BCUT2D eigenvalue weighted by atomic mass is 10.2. The highest BCUT2D eigenvalue weighted by Crippen LogP contribution is 2.34. The highest BCUT2D eigenvalue weighted by Gasteiger charge is 2.12. The van der Waals surface area contributed by atoms with Crippen LogP contribution in [0.15, 0.2) is 44.7 Å². The molecule has 6 nitrogen and oxygen atoms in total. The minimum absolute atomic E-state index is 0.123. The summed E-state index contributed by atoms with van der Waals surface area (Å²) in [6.45, 7) is 4.21. The number of ether oxygens (including phenoxy) is 1. The number of fused-ring (bicyclic) bond motifs is 1. The zero-order chi connectivity index (χ0) is 20.3. The first-order valence-electron chi connectivity index (χ1n) is 8.85. The molecule has 8 heteroatoms. The van der Waals surface area contributed by atoms with Gasteiger partial charge in [0, 0.05) is 10.9 Å². The van der Waals surface area contributed by atoms with Crippen LogP contribution in [-0.2, 0) is 6.42 Å². The lowest BCUT2D eigenvalue weighted by molar-refractivity contribution is 0.318. The molecule has 0 radical (unpaired) electrons.